The van der Waals surface area contributed by atoms with Gasteiger partial charge in [-0.15, -0.1) is 0 Å². The number of nitrogens with zero attached hydrogens (tertiary/aromatic N) is 4. The van der Waals surface area contributed by atoms with Crippen molar-refractivity contribution < 1.29 is 13.9 Å². The number of aromatic hydroxyl groups is 1. The number of phenols is 1. The molecule has 5 heterocycles. The van der Waals surface area contributed by atoms with Crippen molar-refractivity contribution in [2.24, 2.45) is 0 Å². The molecule has 1 spiro atoms. The van der Waals surface area contributed by atoms with E-state index in [1.165, 1.54) is 18.2 Å². The van der Waals surface area contributed by atoms with Crippen LogP contribution in [0.5, 0.6) is 5.75 Å². The van der Waals surface area contributed by atoms with Crippen LogP contribution in [-0.2, 0) is 0 Å². The van der Waals surface area contributed by atoms with Crippen LogP contribution in [0.3, 0.4) is 0 Å². The van der Waals surface area contributed by atoms with Gasteiger partial charge in [-0.2, -0.15) is 4.98 Å². The maximum absolute atomic E-state index is 16.7. The van der Waals surface area contributed by atoms with E-state index in [4.69, 9.17) is 9.97 Å². The number of piperazine rings is 1. The van der Waals surface area contributed by atoms with Gasteiger partial charge in [0.2, 0.25) is 5.95 Å². The first kappa shape index (κ1) is 24.3. The van der Waals surface area contributed by atoms with Gasteiger partial charge in [0.25, 0.3) is 0 Å². The average Bonchev–Trinajstić information content (AvgIpc) is 3.69. The fourth-order valence-electron chi connectivity index (χ4n) is 7.53. The number of hydrogen-bond donors (Lipinski definition) is 3. The molecule has 0 amide bonds. The molecule has 1 unspecified atom stereocenters. The van der Waals surface area contributed by atoms with Crippen LogP contribution in [-0.4, -0.2) is 65.4 Å². The number of nitrogens with one attached hydrogen (secondary N) is 2. The maximum atomic E-state index is 16.7. The van der Waals surface area contributed by atoms with Gasteiger partial charge in [0, 0.05) is 65.7 Å². The number of benzene rings is 3. The number of fused-ring (bicyclic) bond motifs is 4. The number of phenolic OH excluding ortho intramolecular Hbond substituents is 1. The molecule has 4 aromatic rings. The van der Waals surface area contributed by atoms with Crippen molar-refractivity contribution in [1.82, 2.24) is 20.6 Å². The fourth-order valence-corrected chi connectivity index (χ4v) is 7.53. The first-order valence-corrected chi connectivity index (χ1v) is 14.4. The zero-order chi connectivity index (χ0) is 27.0. The number of halogens is 2. The number of rotatable bonds is 3. The second kappa shape index (κ2) is 8.97. The third-order valence-electron chi connectivity index (χ3n) is 9.52. The largest absolute Gasteiger partial charge is 0.507 e. The Kier molecular flexibility index (Phi) is 5.44. The van der Waals surface area contributed by atoms with Crippen molar-refractivity contribution in [1.29, 1.82) is 0 Å². The Labute approximate surface area is 231 Å². The molecule has 0 aliphatic carbocycles. The van der Waals surface area contributed by atoms with E-state index in [0.29, 0.717) is 34.2 Å². The lowest BCUT2D eigenvalue weighted by Crippen LogP contribution is -2.51. The van der Waals surface area contributed by atoms with E-state index in [9.17, 15) is 9.50 Å². The van der Waals surface area contributed by atoms with Gasteiger partial charge in [-0.3, -0.25) is 0 Å². The van der Waals surface area contributed by atoms with Crippen LogP contribution >= 0.6 is 0 Å². The van der Waals surface area contributed by atoms with Crippen LogP contribution in [0.2, 0.25) is 0 Å². The molecule has 8 rings (SSSR count). The molecule has 4 saturated heterocycles. The molecule has 206 valence electrons. The van der Waals surface area contributed by atoms with Gasteiger partial charge in [0.05, 0.1) is 0 Å². The van der Waals surface area contributed by atoms with E-state index < -0.39 is 11.6 Å². The normalized spacial score (nSPS) is 26.1. The van der Waals surface area contributed by atoms with Gasteiger partial charge >= 0.3 is 0 Å². The summed E-state index contributed by atoms with van der Waals surface area (Å²) in [6, 6.07) is 11.9. The maximum Gasteiger partial charge on any atom is 0.228 e. The highest BCUT2D eigenvalue weighted by molar-refractivity contribution is 6.03. The lowest BCUT2D eigenvalue weighted by Gasteiger charge is -2.35. The van der Waals surface area contributed by atoms with Crippen molar-refractivity contribution >= 4 is 33.4 Å². The third-order valence-corrected chi connectivity index (χ3v) is 9.52. The highest BCUT2D eigenvalue weighted by Crippen LogP contribution is 2.42. The Hall–Kier alpha value is -3.56. The molecule has 4 aliphatic rings. The minimum atomic E-state index is -0.527. The lowest BCUT2D eigenvalue weighted by molar-refractivity contribution is 0.418. The number of aromatic nitrogens is 2. The summed E-state index contributed by atoms with van der Waals surface area (Å²) < 4.78 is 31.3. The summed E-state index contributed by atoms with van der Waals surface area (Å²) in [5.41, 5.74) is 0.781. The van der Waals surface area contributed by atoms with E-state index in [1.807, 2.05) is 6.07 Å². The van der Waals surface area contributed by atoms with E-state index in [1.54, 1.807) is 18.2 Å². The van der Waals surface area contributed by atoms with E-state index >= 15 is 4.39 Å². The molecule has 40 heavy (non-hydrogen) atoms. The molecule has 3 aromatic carbocycles. The second-order valence-electron chi connectivity index (χ2n) is 12.0. The zero-order valence-electron chi connectivity index (χ0n) is 22.3. The fraction of sp³-hybridized carbons (Fsp3) is 0.419. The topological polar surface area (TPSA) is 76.6 Å². The van der Waals surface area contributed by atoms with E-state index in [0.717, 1.165) is 70.6 Å². The second-order valence-corrected chi connectivity index (χ2v) is 12.0. The SMILES string of the molecule is Oc1ccc2c(F)cccc2c1-c1ccc2c(N3C[C@H]4CC[C@@H](C3)N4)nc(N3CCC4(CCCN4)C3)nc2c1F. The predicted octanol–water partition coefficient (Wildman–Crippen LogP) is 4.71. The summed E-state index contributed by atoms with van der Waals surface area (Å²) in [5.74, 6) is 0.267. The molecular weight excluding hydrogens is 510 g/mol. The summed E-state index contributed by atoms with van der Waals surface area (Å²) in [6.45, 7) is 4.28. The van der Waals surface area contributed by atoms with Crippen LogP contribution in [0.4, 0.5) is 20.5 Å². The zero-order valence-corrected chi connectivity index (χ0v) is 22.3. The van der Waals surface area contributed by atoms with Gasteiger partial charge < -0.3 is 25.5 Å². The monoisotopic (exact) mass is 542 g/mol. The molecule has 2 bridgehead atoms. The average molecular weight is 543 g/mol. The number of anilines is 2. The van der Waals surface area contributed by atoms with Gasteiger partial charge in [0.1, 0.15) is 22.9 Å². The Bertz CT molecular complexity index is 1640. The Morgan fingerprint density at radius 1 is 0.900 bits per heavy atom. The standard InChI is InChI=1S/C31H32F2N6O/c32-24-4-1-3-21-20(24)9-10-25(40)26(21)22-7-8-23-28(27(22)33)36-30(38-14-12-31(17-38)11-2-13-34-31)37-29(23)39-15-18-5-6-19(16-39)35-18/h1,3-4,7-10,18-19,34-35,40H,2,5-6,11-17H2/t18-,19+,31?. The van der Waals surface area contributed by atoms with Crippen molar-refractivity contribution in [2.45, 2.75) is 49.7 Å². The summed E-state index contributed by atoms with van der Waals surface area (Å²) in [7, 11) is 0. The quantitative estimate of drug-likeness (QED) is 0.346. The minimum absolute atomic E-state index is 0.0752. The molecule has 4 fully saturated rings. The first-order chi connectivity index (χ1) is 19.5. The molecule has 0 radical (unpaired) electrons. The van der Waals surface area contributed by atoms with Crippen LogP contribution in [0, 0.1) is 11.6 Å². The molecule has 3 atom stereocenters. The van der Waals surface area contributed by atoms with Crippen LogP contribution < -0.4 is 20.4 Å². The van der Waals surface area contributed by atoms with Crippen molar-refractivity contribution in [3.8, 4) is 16.9 Å². The molecular formula is C31H32F2N6O. The smallest absolute Gasteiger partial charge is 0.228 e. The minimum Gasteiger partial charge on any atom is -0.507 e. The van der Waals surface area contributed by atoms with E-state index in [2.05, 4.69) is 20.4 Å². The van der Waals surface area contributed by atoms with Crippen LogP contribution in [0.1, 0.15) is 32.1 Å². The van der Waals surface area contributed by atoms with E-state index in [-0.39, 0.29) is 27.9 Å². The van der Waals surface area contributed by atoms with Crippen LogP contribution in [0.15, 0.2) is 42.5 Å². The predicted molar refractivity (Wildman–Crippen MR) is 153 cm³/mol. The Morgan fingerprint density at radius 3 is 2.52 bits per heavy atom. The van der Waals surface area contributed by atoms with Gasteiger partial charge in [-0.1, -0.05) is 18.2 Å². The molecule has 3 N–H and O–H groups in total. The van der Waals surface area contributed by atoms with Gasteiger partial charge in [-0.05, 0) is 68.3 Å². The van der Waals surface area contributed by atoms with Crippen molar-refractivity contribution in [2.75, 3.05) is 42.5 Å². The number of hydrogen-bond acceptors (Lipinski definition) is 7. The lowest BCUT2D eigenvalue weighted by atomic mass is 9.95. The molecule has 7 nitrogen and oxygen atoms in total. The summed E-state index contributed by atoms with van der Waals surface area (Å²) in [6.07, 6.45) is 5.56. The highest BCUT2D eigenvalue weighted by Gasteiger charge is 2.41. The van der Waals surface area contributed by atoms with Crippen LogP contribution in [0.25, 0.3) is 32.8 Å². The van der Waals surface area contributed by atoms with Gasteiger partial charge in [0.15, 0.2) is 5.82 Å². The summed E-state index contributed by atoms with van der Waals surface area (Å²) in [4.78, 5) is 14.4. The molecule has 1 aromatic heterocycles. The Morgan fingerprint density at radius 2 is 1.73 bits per heavy atom. The third kappa shape index (κ3) is 3.74. The first-order valence-electron chi connectivity index (χ1n) is 14.4. The summed E-state index contributed by atoms with van der Waals surface area (Å²) in [5, 5.41) is 19.7. The summed E-state index contributed by atoms with van der Waals surface area (Å²) >= 11 is 0. The van der Waals surface area contributed by atoms with Crippen molar-refractivity contribution in [3.05, 3.63) is 54.1 Å². The molecule has 0 saturated carbocycles. The van der Waals surface area contributed by atoms with Gasteiger partial charge in [-0.25, -0.2) is 13.8 Å². The molecule has 9 heteroatoms. The Balaban J connectivity index is 1.31. The highest BCUT2D eigenvalue weighted by atomic mass is 19.1. The molecule has 4 aliphatic heterocycles. The van der Waals surface area contributed by atoms with Crippen molar-refractivity contribution in [3.63, 3.8) is 0 Å².